The summed E-state index contributed by atoms with van der Waals surface area (Å²) in [5.74, 6) is 0.617. The number of amides is 1. The van der Waals surface area contributed by atoms with Crippen molar-refractivity contribution in [1.82, 2.24) is 19.9 Å². The molecular weight excluding hydrogens is 330 g/mol. The van der Waals surface area contributed by atoms with Crippen molar-refractivity contribution in [1.29, 1.82) is 0 Å². The molecule has 138 valence electrons. The summed E-state index contributed by atoms with van der Waals surface area (Å²) in [7, 11) is 0. The van der Waals surface area contributed by atoms with Crippen molar-refractivity contribution >= 4 is 11.6 Å². The molecule has 0 unspecified atom stereocenters. The minimum atomic E-state index is -0.471. The third-order valence-electron chi connectivity index (χ3n) is 4.49. The topological polar surface area (TPSA) is 91.0 Å². The number of aryl methyl sites for hydroxylation is 1. The van der Waals surface area contributed by atoms with Gasteiger partial charge in [-0.15, -0.1) is 0 Å². The zero-order valence-electron chi connectivity index (χ0n) is 15.7. The molecule has 2 N–H and O–H groups in total. The molecule has 0 atom stereocenters. The van der Waals surface area contributed by atoms with E-state index in [0.29, 0.717) is 18.9 Å². The van der Waals surface area contributed by atoms with Crippen LogP contribution in [0.3, 0.4) is 0 Å². The highest BCUT2D eigenvalue weighted by Crippen LogP contribution is 2.23. The number of aromatic nitrogens is 3. The van der Waals surface area contributed by atoms with E-state index in [1.54, 1.807) is 19.3 Å². The Bertz CT molecular complexity index is 882. The maximum atomic E-state index is 12.3. The lowest BCUT2D eigenvalue weighted by Gasteiger charge is -2.28. The summed E-state index contributed by atoms with van der Waals surface area (Å²) in [4.78, 5) is 38.1. The van der Waals surface area contributed by atoms with Crippen LogP contribution in [-0.2, 0) is 24.3 Å². The number of nitrogens with one attached hydrogen (secondary N) is 2. The maximum Gasteiger partial charge on any atom is 0.255 e. The minimum absolute atomic E-state index is 0.0370. The Morgan fingerprint density at radius 3 is 2.88 bits per heavy atom. The van der Waals surface area contributed by atoms with Gasteiger partial charge in [-0.1, -0.05) is 20.8 Å². The third-order valence-corrected chi connectivity index (χ3v) is 4.49. The average Bonchev–Trinajstić information content (AvgIpc) is 2.56. The van der Waals surface area contributed by atoms with E-state index in [1.165, 1.54) is 0 Å². The van der Waals surface area contributed by atoms with Crippen LogP contribution in [0.5, 0.6) is 0 Å². The van der Waals surface area contributed by atoms with Gasteiger partial charge in [-0.2, -0.15) is 0 Å². The van der Waals surface area contributed by atoms with Crippen LogP contribution in [-0.4, -0.2) is 32.3 Å². The molecule has 2 aromatic rings. The van der Waals surface area contributed by atoms with Crippen LogP contribution in [0.2, 0.25) is 0 Å². The highest BCUT2D eigenvalue weighted by molar-refractivity contribution is 5.95. The van der Waals surface area contributed by atoms with Gasteiger partial charge in [-0.3, -0.25) is 19.5 Å². The highest BCUT2D eigenvalue weighted by Gasteiger charge is 2.24. The number of aromatic amines is 1. The van der Waals surface area contributed by atoms with E-state index in [2.05, 4.69) is 25.2 Å². The molecule has 2 aromatic heterocycles. The van der Waals surface area contributed by atoms with Crippen LogP contribution >= 0.6 is 0 Å². The Labute approximate surface area is 152 Å². The fourth-order valence-electron chi connectivity index (χ4n) is 2.97. The number of pyridine rings is 1. The van der Waals surface area contributed by atoms with Crippen LogP contribution < -0.4 is 10.9 Å². The highest BCUT2D eigenvalue weighted by atomic mass is 16.2. The fourth-order valence-corrected chi connectivity index (χ4v) is 2.97. The zero-order chi connectivity index (χ0) is 18.9. The third kappa shape index (κ3) is 3.99. The zero-order valence-corrected chi connectivity index (χ0v) is 15.7. The van der Waals surface area contributed by atoms with Crippen LogP contribution in [0, 0.1) is 12.3 Å². The Balaban J connectivity index is 1.78. The smallest absolute Gasteiger partial charge is 0.255 e. The average molecular weight is 355 g/mol. The van der Waals surface area contributed by atoms with E-state index < -0.39 is 5.41 Å². The van der Waals surface area contributed by atoms with Crippen molar-refractivity contribution in [2.45, 2.75) is 47.2 Å². The van der Waals surface area contributed by atoms with E-state index >= 15 is 0 Å². The monoisotopic (exact) mass is 355 g/mol. The number of fused-ring (bicyclic) bond motifs is 1. The lowest BCUT2D eigenvalue weighted by atomic mass is 9.95. The maximum absolute atomic E-state index is 12.3. The van der Waals surface area contributed by atoms with Gasteiger partial charge < -0.3 is 10.3 Å². The Morgan fingerprint density at radius 2 is 2.15 bits per heavy atom. The first-order chi connectivity index (χ1) is 12.2. The molecule has 26 heavy (non-hydrogen) atoms. The van der Waals surface area contributed by atoms with Crippen LogP contribution in [0.25, 0.3) is 0 Å². The number of hydrogen-bond acceptors (Lipinski definition) is 5. The number of carbonyl (C=O) groups excluding carboxylic acids is 1. The first-order valence-corrected chi connectivity index (χ1v) is 8.79. The number of hydrogen-bond donors (Lipinski definition) is 2. The predicted molar refractivity (Wildman–Crippen MR) is 99.7 cm³/mol. The second kappa shape index (κ2) is 6.99. The molecule has 1 amide bonds. The van der Waals surface area contributed by atoms with Gasteiger partial charge in [-0.05, 0) is 13.0 Å². The summed E-state index contributed by atoms with van der Waals surface area (Å²) in [6.45, 7) is 9.41. The van der Waals surface area contributed by atoms with Crippen molar-refractivity contribution < 1.29 is 4.79 Å². The van der Waals surface area contributed by atoms with E-state index in [9.17, 15) is 9.59 Å². The molecule has 0 bridgehead atoms. The Morgan fingerprint density at radius 1 is 1.38 bits per heavy atom. The van der Waals surface area contributed by atoms with Crippen LogP contribution in [0.4, 0.5) is 5.69 Å². The molecule has 0 aliphatic carbocycles. The van der Waals surface area contributed by atoms with E-state index in [-0.39, 0.29) is 11.5 Å². The van der Waals surface area contributed by atoms with Gasteiger partial charge in [0.05, 0.1) is 11.3 Å². The molecule has 0 saturated heterocycles. The SMILES string of the molecule is Cc1nc2c(c(=O)[nH]1)CN(Cc1cnccc1NC(=O)C(C)(C)C)CC2. The normalized spacial score (nSPS) is 14.8. The quantitative estimate of drug-likeness (QED) is 0.879. The van der Waals surface area contributed by atoms with Crippen molar-refractivity contribution in [3.8, 4) is 0 Å². The fraction of sp³-hybridized carbons (Fsp3) is 0.474. The van der Waals surface area contributed by atoms with Gasteiger partial charge >= 0.3 is 0 Å². The molecule has 7 heteroatoms. The summed E-state index contributed by atoms with van der Waals surface area (Å²) in [5, 5.41) is 2.99. The van der Waals surface area contributed by atoms with E-state index in [0.717, 1.165) is 35.5 Å². The predicted octanol–water partition coefficient (Wildman–Crippen LogP) is 2.02. The van der Waals surface area contributed by atoms with Crippen molar-refractivity contribution in [2.24, 2.45) is 5.41 Å². The largest absolute Gasteiger partial charge is 0.325 e. The van der Waals surface area contributed by atoms with Gasteiger partial charge in [0, 0.05) is 55.1 Å². The summed E-state index contributed by atoms with van der Waals surface area (Å²) in [6, 6.07) is 1.81. The molecule has 3 rings (SSSR count). The second-order valence-electron chi connectivity index (χ2n) is 7.77. The number of anilines is 1. The number of rotatable bonds is 3. The standard InChI is InChI=1S/C19H25N5O2/c1-12-21-16-6-8-24(11-14(16)17(25)22-12)10-13-9-20-7-5-15(13)23-18(26)19(2,3)4/h5,7,9H,6,8,10-11H2,1-4H3,(H,20,23,26)(H,21,22,25). The molecule has 0 spiro atoms. The van der Waals surface area contributed by atoms with Gasteiger partial charge in [-0.25, -0.2) is 4.98 Å². The molecule has 1 aliphatic heterocycles. The molecule has 0 fully saturated rings. The van der Waals surface area contributed by atoms with Gasteiger partial charge in [0.25, 0.3) is 5.56 Å². The summed E-state index contributed by atoms with van der Waals surface area (Å²) >= 11 is 0. The molecule has 1 aliphatic rings. The molecule has 0 saturated carbocycles. The second-order valence-corrected chi connectivity index (χ2v) is 7.77. The molecule has 0 aromatic carbocycles. The van der Waals surface area contributed by atoms with Crippen molar-refractivity contribution in [2.75, 3.05) is 11.9 Å². The van der Waals surface area contributed by atoms with Crippen molar-refractivity contribution in [3.63, 3.8) is 0 Å². The summed E-state index contributed by atoms with van der Waals surface area (Å²) < 4.78 is 0. The lowest BCUT2D eigenvalue weighted by Crippen LogP contribution is -2.36. The number of H-pyrrole nitrogens is 1. The molecular formula is C19H25N5O2. The van der Waals surface area contributed by atoms with Crippen LogP contribution in [0.15, 0.2) is 23.3 Å². The first-order valence-electron chi connectivity index (χ1n) is 8.79. The molecule has 7 nitrogen and oxygen atoms in total. The van der Waals surface area contributed by atoms with E-state index in [1.807, 2.05) is 26.8 Å². The lowest BCUT2D eigenvalue weighted by molar-refractivity contribution is -0.123. The van der Waals surface area contributed by atoms with Gasteiger partial charge in [0.15, 0.2) is 0 Å². The number of nitrogens with zero attached hydrogens (tertiary/aromatic N) is 3. The number of carbonyl (C=O) groups is 1. The van der Waals surface area contributed by atoms with Gasteiger partial charge in [0.1, 0.15) is 5.82 Å². The first kappa shape index (κ1) is 18.3. The Hall–Kier alpha value is -2.54. The van der Waals surface area contributed by atoms with Crippen LogP contribution in [0.1, 0.15) is 43.4 Å². The minimum Gasteiger partial charge on any atom is -0.325 e. The van der Waals surface area contributed by atoms with Gasteiger partial charge in [0.2, 0.25) is 5.91 Å². The summed E-state index contributed by atoms with van der Waals surface area (Å²) in [5.41, 5.74) is 2.78. The molecule has 0 radical (unpaired) electrons. The molecule has 3 heterocycles. The Kier molecular flexibility index (Phi) is 4.91. The summed E-state index contributed by atoms with van der Waals surface area (Å²) in [6.07, 6.45) is 4.18. The van der Waals surface area contributed by atoms with Crippen molar-refractivity contribution in [3.05, 3.63) is 51.5 Å². The van der Waals surface area contributed by atoms with E-state index in [4.69, 9.17) is 0 Å².